The van der Waals surface area contributed by atoms with Crippen molar-refractivity contribution in [2.24, 2.45) is 0 Å². The number of fused-ring (bicyclic) bond motifs is 6. The third-order valence-corrected chi connectivity index (χ3v) is 12.8. The molecule has 13 rings (SSSR count). The highest BCUT2D eigenvalue weighted by Gasteiger charge is 2.21. The van der Waals surface area contributed by atoms with Crippen molar-refractivity contribution >= 4 is 44.1 Å². The lowest BCUT2D eigenvalue weighted by molar-refractivity contribution is 0.667. The Morgan fingerprint density at radius 2 is 0.544 bits per heavy atom. The Balaban J connectivity index is 0.797. The maximum atomic E-state index is 6.44. The Morgan fingerprint density at radius 1 is 0.235 bits per heavy atom. The molecule has 6 nitrogen and oxygen atoms in total. The van der Waals surface area contributed by atoms with Crippen molar-refractivity contribution in [1.29, 1.82) is 0 Å². The fourth-order valence-corrected chi connectivity index (χ4v) is 9.26. The Labute approximate surface area is 391 Å². The number of aromatic nitrogens is 4. The van der Waals surface area contributed by atoms with Crippen molar-refractivity contribution in [2.75, 3.05) is 0 Å². The zero-order chi connectivity index (χ0) is 45.0. The first-order valence-electron chi connectivity index (χ1n) is 22.7. The van der Waals surface area contributed by atoms with Crippen LogP contribution in [0.1, 0.15) is 0 Å². The average molecular weight is 871 g/mol. The van der Waals surface area contributed by atoms with Gasteiger partial charge >= 0.3 is 0 Å². The molecule has 0 saturated heterocycles. The van der Waals surface area contributed by atoms with Gasteiger partial charge in [-0.15, -0.1) is 0 Å². The molecular formula is C62H38N4O2. The molecule has 9 aromatic carbocycles. The number of hydrogen-bond acceptors (Lipinski definition) is 6. The van der Waals surface area contributed by atoms with Gasteiger partial charge in [-0.05, 0) is 80.9 Å². The highest BCUT2D eigenvalue weighted by molar-refractivity contribution is 6.08. The molecule has 68 heavy (non-hydrogen) atoms. The zero-order valence-electron chi connectivity index (χ0n) is 36.5. The minimum absolute atomic E-state index is 0.645. The molecule has 6 heteroatoms. The summed E-state index contributed by atoms with van der Waals surface area (Å²) in [5, 5.41) is 1.93. The SMILES string of the molecule is c1ccc(-c2cccc(-c3nc(-c4ccc(-c5ccc(-c6ccc(-c7nc(-c8cccc(-c9ccccc9)c8)c8oc9ccccc9c8n7)cc6)cc5)cc4)nc4c3oc3ccccc34)c2)cc1. The van der Waals surface area contributed by atoms with Crippen LogP contribution in [0.15, 0.2) is 239 Å². The molecule has 0 spiro atoms. The van der Waals surface area contributed by atoms with E-state index >= 15 is 0 Å². The van der Waals surface area contributed by atoms with Crippen LogP contribution in [0.5, 0.6) is 0 Å². The molecule has 0 aliphatic carbocycles. The number of nitrogens with zero attached hydrogens (tertiary/aromatic N) is 4. The van der Waals surface area contributed by atoms with Crippen molar-refractivity contribution in [3.63, 3.8) is 0 Å². The first kappa shape index (κ1) is 39.1. The van der Waals surface area contributed by atoms with Crippen molar-refractivity contribution < 1.29 is 8.83 Å². The van der Waals surface area contributed by atoms with Gasteiger partial charge in [0.05, 0.1) is 0 Å². The van der Waals surface area contributed by atoms with E-state index in [1.54, 1.807) is 0 Å². The minimum Gasteiger partial charge on any atom is -0.452 e. The van der Waals surface area contributed by atoms with Crippen molar-refractivity contribution in [1.82, 2.24) is 19.9 Å². The summed E-state index contributed by atoms with van der Waals surface area (Å²) < 4.78 is 12.9. The van der Waals surface area contributed by atoms with Crippen molar-refractivity contribution in [2.45, 2.75) is 0 Å². The molecule has 0 saturated carbocycles. The molecular weight excluding hydrogens is 833 g/mol. The van der Waals surface area contributed by atoms with Crippen LogP contribution in [-0.4, -0.2) is 19.9 Å². The number of furan rings is 2. The van der Waals surface area contributed by atoms with Gasteiger partial charge in [-0.25, -0.2) is 19.9 Å². The van der Waals surface area contributed by atoms with Crippen LogP contribution in [0.4, 0.5) is 0 Å². The summed E-state index contributed by atoms with van der Waals surface area (Å²) >= 11 is 0. The molecule has 4 heterocycles. The van der Waals surface area contributed by atoms with Gasteiger partial charge in [0.15, 0.2) is 22.8 Å². The smallest absolute Gasteiger partial charge is 0.180 e. The lowest BCUT2D eigenvalue weighted by atomic mass is 9.98. The molecule has 0 unspecified atom stereocenters. The number of hydrogen-bond donors (Lipinski definition) is 0. The third-order valence-electron chi connectivity index (χ3n) is 12.8. The number of para-hydroxylation sites is 2. The Morgan fingerprint density at radius 3 is 0.941 bits per heavy atom. The highest BCUT2D eigenvalue weighted by atomic mass is 16.3. The van der Waals surface area contributed by atoms with Crippen molar-refractivity contribution in [3.05, 3.63) is 231 Å². The molecule has 0 fully saturated rings. The van der Waals surface area contributed by atoms with Gasteiger partial charge in [0, 0.05) is 33.0 Å². The predicted octanol–water partition coefficient (Wildman–Crippen LogP) is 16.4. The normalized spacial score (nSPS) is 11.5. The lowest BCUT2D eigenvalue weighted by Gasteiger charge is -2.10. The summed E-state index contributed by atoms with van der Waals surface area (Å²) in [5.41, 5.74) is 18.8. The Hall–Kier alpha value is -9.26. The Bertz CT molecular complexity index is 3730. The summed E-state index contributed by atoms with van der Waals surface area (Å²) in [7, 11) is 0. The lowest BCUT2D eigenvalue weighted by Crippen LogP contribution is -1.94. The van der Waals surface area contributed by atoms with E-state index in [1.807, 2.05) is 48.5 Å². The second-order valence-corrected chi connectivity index (χ2v) is 17.0. The molecule has 318 valence electrons. The third kappa shape index (κ3) is 7.00. The van der Waals surface area contributed by atoms with Crippen LogP contribution in [-0.2, 0) is 0 Å². The average Bonchev–Trinajstić information content (AvgIpc) is 4.00. The minimum atomic E-state index is 0.645. The van der Waals surface area contributed by atoms with E-state index in [1.165, 1.54) is 0 Å². The summed E-state index contributed by atoms with van der Waals surface area (Å²) in [4.78, 5) is 20.6. The van der Waals surface area contributed by atoms with Crippen LogP contribution >= 0.6 is 0 Å². The molecule has 0 N–H and O–H groups in total. The molecule has 0 radical (unpaired) electrons. The van der Waals surface area contributed by atoms with E-state index < -0.39 is 0 Å². The van der Waals surface area contributed by atoms with Gasteiger partial charge in [-0.3, -0.25) is 0 Å². The summed E-state index contributed by atoms with van der Waals surface area (Å²) in [5.74, 6) is 1.29. The van der Waals surface area contributed by atoms with E-state index in [2.05, 4.69) is 182 Å². The van der Waals surface area contributed by atoms with Gasteiger partial charge in [-0.1, -0.05) is 194 Å². The maximum absolute atomic E-state index is 6.44. The first-order chi connectivity index (χ1) is 33.7. The second-order valence-electron chi connectivity index (χ2n) is 17.0. The summed E-state index contributed by atoms with van der Waals surface area (Å²) in [6.45, 7) is 0. The Kier molecular flexibility index (Phi) is 9.39. The van der Waals surface area contributed by atoms with Crippen LogP contribution in [0.2, 0.25) is 0 Å². The largest absolute Gasteiger partial charge is 0.452 e. The van der Waals surface area contributed by atoms with Gasteiger partial charge in [0.1, 0.15) is 33.6 Å². The van der Waals surface area contributed by atoms with Crippen LogP contribution in [0.3, 0.4) is 0 Å². The predicted molar refractivity (Wildman–Crippen MR) is 276 cm³/mol. The van der Waals surface area contributed by atoms with Crippen LogP contribution in [0, 0.1) is 0 Å². The zero-order valence-corrected chi connectivity index (χ0v) is 36.5. The maximum Gasteiger partial charge on any atom is 0.180 e. The van der Waals surface area contributed by atoms with Gasteiger partial charge < -0.3 is 8.83 Å². The van der Waals surface area contributed by atoms with Crippen LogP contribution < -0.4 is 0 Å². The molecule has 0 aliphatic rings. The van der Waals surface area contributed by atoms with E-state index in [9.17, 15) is 0 Å². The van der Waals surface area contributed by atoms with Gasteiger partial charge in [-0.2, -0.15) is 0 Å². The quantitative estimate of drug-likeness (QED) is 0.151. The first-order valence-corrected chi connectivity index (χ1v) is 22.7. The van der Waals surface area contributed by atoms with E-state index in [-0.39, 0.29) is 0 Å². The van der Waals surface area contributed by atoms with E-state index in [0.29, 0.717) is 22.8 Å². The molecule has 0 bridgehead atoms. The fraction of sp³-hybridized carbons (Fsp3) is 0. The highest BCUT2D eigenvalue weighted by Crippen LogP contribution is 2.39. The molecule has 0 aliphatic heterocycles. The van der Waals surface area contributed by atoms with Gasteiger partial charge in [0.2, 0.25) is 0 Å². The molecule has 0 amide bonds. The number of rotatable bonds is 8. The summed E-state index contributed by atoms with van der Waals surface area (Å²) in [6, 6.07) is 79.5. The molecule has 0 atom stereocenters. The topological polar surface area (TPSA) is 77.8 Å². The fourth-order valence-electron chi connectivity index (χ4n) is 9.26. The molecule has 4 aromatic heterocycles. The molecule has 13 aromatic rings. The summed E-state index contributed by atoms with van der Waals surface area (Å²) in [6.07, 6.45) is 0. The van der Waals surface area contributed by atoms with Gasteiger partial charge in [0.25, 0.3) is 0 Å². The second kappa shape index (κ2) is 16.3. The van der Waals surface area contributed by atoms with Crippen molar-refractivity contribution in [3.8, 4) is 89.8 Å². The monoisotopic (exact) mass is 870 g/mol. The standard InChI is InChI=1S/C62H38N4O2/c1-3-13-39(14-4-1)47-17-11-19-49(37-47)55-59-57(51-21-7-9-23-53(51)67-59)65-61(63-55)45-33-29-43(30-34-45)41-25-27-42(28-26-41)44-31-35-46(36-32-44)62-64-56(60-58(66-62)52-22-8-10-24-54(52)68-60)50-20-12-18-48(38-50)40-15-5-2-6-16-40/h1-38H. The van der Waals surface area contributed by atoms with Crippen LogP contribution in [0.25, 0.3) is 134 Å². The van der Waals surface area contributed by atoms with E-state index in [0.717, 1.165) is 111 Å². The van der Waals surface area contributed by atoms with E-state index in [4.69, 9.17) is 28.8 Å². The number of benzene rings is 9.